The zero-order chi connectivity index (χ0) is 13.7. The van der Waals surface area contributed by atoms with Gasteiger partial charge in [-0.15, -0.1) is 0 Å². The van der Waals surface area contributed by atoms with Gasteiger partial charge in [0.1, 0.15) is 0 Å². The van der Waals surface area contributed by atoms with Crippen molar-refractivity contribution < 1.29 is 5.11 Å². The van der Waals surface area contributed by atoms with Crippen LogP contribution in [-0.4, -0.2) is 48.8 Å². The number of nitrogens with one attached hydrogen (secondary N) is 1. The maximum Gasteiger partial charge on any atom is 0.0609 e. The Kier molecular flexibility index (Phi) is 6.67. The summed E-state index contributed by atoms with van der Waals surface area (Å²) in [6, 6.07) is 0. The topological polar surface area (TPSA) is 35.5 Å². The van der Waals surface area contributed by atoms with E-state index in [0.717, 1.165) is 19.6 Å². The predicted octanol–water partition coefficient (Wildman–Crippen LogP) is 1.96. The van der Waals surface area contributed by atoms with E-state index in [4.69, 9.17) is 0 Å². The fraction of sp³-hybridized carbons (Fsp3) is 1.00. The van der Waals surface area contributed by atoms with Crippen LogP contribution in [-0.2, 0) is 0 Å². The Labute approximate surface area is 108 Å². The summed E-state index contributed by atoms with van der Waals surface area (Å²) in [5.41, 5.74) is 0.0748. The van der Waals surface area contributed by atoms with Crippen molar-refractivity contribution >= 4 is 0 Å². The minimum atomic E-state index is -0.144. The van der Waals surface area contributed by atoms with Crippen LogP contribution in [0.3, 0.4) is 0 Å². The number of aliphatic hydroxyl groups is 1. The van der Waals surface area contributed by atoms with E-state index in [0.29, 0.717) is 5.92 Å². The average Bonchev–Trinajstić information content (AvgIpc) is 2.15. The largest absolute Gasteiger partial charge is 0.394 e. The standard InChI is InChI=1S/C14H32N2O/c1-12(2)8-15-9-13(3,4)10-16(7)14(5,6)11-17/h12,15,17H,8-11H2,1-7H3. The molecule has 0 spiro atoms. The van der Waals surface area contributed by atoms with Gasteiger partial charge in [0.2, 0.25) is 0 Å². The zero-order valence-electron chi connectivity index (χ0n) is 12.8. The molecular formula is C14H32N2O. The molecule has 104 valence electrons. The molecule has 0 radical (unpaired) electrons. The van der Waals surface area contributed by atoms with E-state index in [1.807, 2.05) is 0 Å². The summed E-state index contributed by atoms with van der Waals surface area (Å²) in [6.45, 7) is 16.4. The van der Waals surface area contributed by atoms with Crippen molar-refractivity contribution in [2.45, 2.75) is 47.1 Å². The van der Waals surface area contributed by atoms with Crippen LogP contribution in [0.5, 0.6) is 0 Å². The molecule has 0 unspecified atom stereocenters. The molecule has 3 nitrogen and oxygen atoms in total. The summed E-state index contributed by atoms with van der Waals surface area (Å²) in [6.07, 6.45) is 0. The molecule has 0 saturated carbocycles. The molecule has 0 aromatic rings. The lowest BCUT2D eigenvalue weighted by Crippen LogP contribution is -2.50. The van der Waals surface area contributed by atoms with Crippen molar-refractivity contribution in [3.63, 3.8) is 0 Å². The normalized spacial score (nSPS) is 13.8. The molecule has 0 aliphatic rings. The van der Waals surface area contributed by atoms with E-state index in [-0.39, 0.29) is 17.6 Å². The van der Waals surface area contributed by atoms with Crippen molar-refractivity contribution in [3.05, 3.63) is 0 Å². The van der Waals surface area contributed by atoms with E-state index in [1.54, 1.807) is 0 Å². The van der Waals surface area contributed by atoms with Crippen molar-refractivity contribution in [1.29, 1.82) is 0 Å². The van der Waals surface area contributed by atoms with Gasteiger partial charge >= 0.3 is 0 Å². The van der Waals surface area contributed by atoms with Crippen LogP contribution < -0.4 is 5.32 Å². The highest BCUT2D eigenvalue weighted by molar-refractivity contribution is 4.84. The number of hydrogen-bond donors (Lipinski definition) is 2. The predicted molar refractivity (Wildman–Crippen MR) is 75.3 cm³/mol. The van der Waals surface area contributed by atoms with E-state index in [2.05, 4.69) is 58.8 Å². The molecule has 0 rings (SSSR count). The Hall–Kier alpha value is -0.120. The molecule has 0 aromatic carbocycles. The molecule has 0 atom stereocenters. The van der Waals surface area contributed by atoms with E-state index in [1.165, 1.54) is 0 Å². The maximum absolute atomic E-state index is 9.35. The van der Waals surface area contributed by atoms with E-state index < -0.39 is 0 Å². The minimum absolute atomic E-state index is 0.144. The lowest BCUT2D eigenvalue weighted by atomic mass is 9.90. The van der Waals surface area contributed by atoms with Gasteiger partial charge in [0, 0.05) is 18.6 Å². The van der Waals surface area contributed by atoms with Crippen molar-refractivity contribution in [1.82, 2.24) is 10.2 Å². The van der Waals surface area contributed by atoms with Crippen molar-refractivity contribution in [2.24, 2.45) is 11.3 Å². The van der Waals surface area contributed by atoms with Crippen LogP contribution >= 0.6 is 0 Å². The fourth-order valence-corrected chi connectivity index (χ4v) is 1.73. The van der Waals surface area contributed by atoms with E-state index in [9.17, 15) is 5.11 Å². The molecule has 3 heteroatoms. The number of rotatable bonds is 8. The molecule has 0 fully saturated rings. The highest BCUT2D eigenvalue weighted by Gasteiger charge is 2.28. The van der Waals surface area contributed by atoms with Crippen LogP contribution in [0.4, 0.5) is 0 Å². The van der Waals surface area contributed by atoms with Gasteiger partial charge in [-0.05, 0) is 38.8 Å². The van der Waals surface area contributed by atoms with Gasteiger partial charge in [-0.1, -0.05) is 27.7 Å². The third-order valence-corrected chi connectivity index (χ3v) is 3.24. The van der Waals surface area contributed by atoms with Crippen molar-refractivity contribution in [3.8, 4) is 0 Å². The molecule has 0 heterocycles. The molecule has 0 aliphatic carbocycles. The van der Waals surface area contributed by atoms with Gasteiger partial charge in [0.25, 0.3) is 0 Å². The number of nitrogens with zero attached hydrogens (tertiary/aromatic N) is 1. The zero-order valence-corrected chi connectivity index (χ0v) is 12.8. The van der Waals surface area contributed by atoms with Crippen LogP contribution in [0.15, 0.2) is 0 Å². The van der Waals surface area contributed by atoms with Gasteiger partial charge in [-0.2, -0.15) is 0 Å². The summed E-state index contributed by atoms with van der Waals surface area (Å²) in [4.78, 5) is 2.24. The smallest absolute Gasteiger partial charge is 0.0609 e. The third-order valence-electron chi connectivity index (χ3n) is 3.24. The minimum Gasteiger partial charge on any atom is -0.394 e. The molecule has 2 N–H and O–H groups in total. The second kappa shape index (κ2) is 6.72. The van der Waals surface area contributed by atoms with Gasteiger partial charge in [-0.3, -0.25) is 4.90 Å². The first-order valence-electron chi connectivity index (χ1n) is 6.63. The SMILES string of the molecule is CC(C)CNCC(C)(C)CN(C)C(C)(C)CO. The summed E-state index contributed by atoms with van der Waals surface area (Å²) < 4.78 is 0. The molecule has 0 saturated heterocycles. The highest BCUT2D eigenvalue weighted by Crippen LogP contribution is 2.20. The van der Waals surface area contributed by atoms with E-state index >= 15 is 0 Å². The maximum atomic E-state index is 9.35. The van der Waals surface area contributed by atoms with Crippen LogP contribution in [0, 0.1) is 11.3 Å². The number of hydrogen-bond acceptors (Lipinski definition) is 3. The fourth-order valence-electron chi connectivity index (χ4n) is 1.73. The summed E-state index contributed by atoms with van der Waals surface area (Å²) >= 11 is 0. The van der Waals surface area contributed by atoms with Gasteiger partial charge < -0.3 is 10.4 Å². The third kappa shape index (κ3) is 7.02. The molecule has 17 heavy (non-hydrogen) atoms. The Balaban J connectivity index is 4.15. The number of aliphatic hydroxyl groups excluding tert-OH is 1. The lowest BCUT2D eigenvalue weighted by Gasteiger charge is -2.39. The second-order valence-corrected chi connectivity index (χ2v) is 7.02. The first kappa shape index (κ1) is 16.9. The molecular weight excluding hydrogens is 212 g/mol. The first-order valence-corrected chi connectivity index (χ1v) is 6.63. The molecule has 0 amide bonds. The number of likely N-dealkylation sites (N-methyl/N-ethyl adjacent to an activating group) is 1. The van der Waals surface area contributed by atoms with Crippen LogP contribution in [0.25, 0.3) is 0 Å². The molecule has 0 bridgehead atoms. The Bertz CT molecular complexity index is 212. The second-order valence-electron chi connectivity index (χ2n) is 7.02. The molecule has 0 aromatic heterocycles. The summed E-state index contributed by atoms with van der Waals surface area (Å²) in [7, 11) is 2.08. The van der Waals surface area contributed by atoms with Gasteiger partial charge in [0.05, 0.1) is 6.61 Å². The van der Waals surface area contributed by atoms with Gasteiger partial charge in [-0.25, -0.2) is 0 Å². The Morgan fingerprint density at radius 1 is 1.18 bits per heavy atom. The summed E-state index contributed by atoms with van der Waals surface area (Å²) in [5, 5.41) is 12.9. The first-order chi connectivity index (χ1) is 7.60. The highest BCUT2D eigenvalue weighted by atomic mass is 16.3. The Morgan fingerprint density at radius 3 is 2.12 bits per heavy atom. The van der Waals surface area contributed by atoms with Crippen LogP contribution in [0.1, 0.15) is 41.5 Å². The van der Waals surface area contributed by atoms with Crippen molar-refractivity contribution in [2.75, 3.05) is 33.3 Å². The van der Waals surface area contributed by atoms with Gasteiger partial charge in [0.15, 0.2) is 0 Å². The summed E-state index contributed by atoms with van der Waals surface area (Å²) in [5.74, 6) is 0.692. The van der Waals surface area contributed by atoms with Crippen LogP contribution in [0.2, 0.25) is 0 Å². The lowest BCUT2D eigenvalue weighted by molar-refractivity contribution is 0.0497. The molecule has 0 aliphatic heterocycles. The average molecular weight is 244 g/mol. The quantitative estimate of drug-likeness (QED) is 0.685. The monoisotopic (exact) mass is 244 g/mol. The Morgan fingerprint density at radius 2 is 1.71 bits per heavy atom.